The van der Waals surface area contributed by atoms with Crippen LogP contribution in [-0.2, 0) is 4.74 Å². The number of ether oxygens (including phenoxy) is 1. The first-order valence-electron chi connectivity index (χ1n) is 8.29. The number of rotatable bonds is 6. The van der Waals surface area contributed by atoms with Crippen LogP contribution in [0.5, 0.6) is 0 Å². The zero-order valence-electron chi connectivity index (χ0n) is 14.7. The van der Waals surface area contributed by atoms with E-state index in [2.05, 4.69) is 5.32 Å². The van der Waals surface area contributed by atoms with Crippen molar-refractivity contribution in [1.29, 1.82) is 0 Å². The lowest BCUT2D eigenvalue weighted by Crippen LogP contribution is -2.31. The van der Waals surface area contributed by atoms with Crippen LogP contribution < -0.4 is 5.32 Å². The molecule has 0 atom stereocenters. The van der Waals surface area contributed by atoms with Gasteiger partial charge < -0.3 is 10.1 Å². The maximum absolute atomic E-state index is 13.7. The van der Waals surface area contributed by atoms with E-state index in [1.165, 1.54) is 25.3 Å². The molecule has 1 aliphatic heterocycles. The van der Waals surface area contributed by atoms with Gasteiger partial charge in [0.05, 0.1) is 16.8 Å². The van der Waals surface area contributed by atoms with E-state index in [1.807, 2.05) is 0 Å². The number of halogens is 3. The number of benzene rings is 2. The Labute approximate surface area is 157 Å². The third-order valence-corrected chi connectivity index (χ3v) is 4.25. The predicted molar refractivity (Wildman–Crippen MR) is 92.6 cm³/mol. The monoisotopic (exact) mass is 392 g/mol. The van der Waals surface area contributed by atoms with E-state index in [-0.39, 0.29) is 23.2 Å². The molecule has 0 spiro atoms. The van der Waals surface area contributed by atoms with Crippen LogP contribution in [0.15, 0.2) is 30.3 Å². The van der Waals surface area contributed by atoms with Crippen molar-refractivity contribution in [2.75, 3.05) is 25.6 Å². The van der Waals surface area contributed by atoms with Crippen molar-refractivity contribution in [1.82, 2.24) is 4.90 Å². The molecule has 1 N–H and O–H groups in total. The molecular weight excluding hydrogens is 377 g/mol. The van der Waals surface area contributed by atoms with Crippen LogP contribution in [0.4, 0.5) is 18.9 Å². The fourth-order valence-corrected chi connectivity index (χ4v) is 2.82. The number of carbonyl (C=O) groups is 3. The van der Waals surface area contributed by atoms with E-state index in [0.29, 0.717) is 19.1 Å². The predicted octanol–water partition coefficient (Wildman–Crippen LogP) is 2.99. The Morgan fingerprint density at radius 2 is 1.75 bits per heavy atom. The minimum Gasteiger partial charge on any atom is -0.385 e. The van der Waals surface area contributed by atoms with Crippen molar-refractivity contribution in [2.24, 2.45) is 0 Å². The molecule has 28 heavy (non-hydrogen) atoms. The van der Waals surface area contributed by atoms with Crippen LogP contribution in [0.3, 0.4) is 0 Å². The summed E-state index contributed by atoms with van der Waals surface area (Å²) in [5, 5.41) is 2.12. The molecule has 0 unspecified atom stereocenters. The summed E-state index contributed by atoms with van der Waals surface area (Å²) in [6, 6.07) is 5.37. The van der Waals surface area contributed by atoms with E-state index in [0.717, 1.165) is 11.0 Å². The van der Waals surface area contributed by atoms with E-state index >= 15 is 0 Å². The average molecular weight is 392 g/mol. The summed E-state index contributed by atoms with van der Waals surface area (Å²) in [4.78, 5) is 38.2. The molecule has 9 heteroatoms. The van der Waals surface area contributed by atoms with Gasteiger partial charge in [-0.05, 0) is 36.8 Å². The summed E-state index contributed by atoms with van der Waals surface area (Å²) in [5.74, 6) is -6.50. The van der Waals surface area contributed by atoms with Crippen LogP contribution in [0.25, 0.3) is 0 Å². The van der Waals surface area contributed by atoms with Gasteiger partial charge in [-0.25, -0.2) is 13.2 Å². The van der Waals surface area contributed by atoms with Gasteiger partial charge in [0.25, 0.3) is 17.7 Å². The Balaban J connectivity index is 1.81. The molecule has 1 aliphatic rings. The van der Waals surface area contributed by atoms with E-state index in [9.17, 15) is 27.6 Å². The fourth-order valence-electron chi connectivity index (χ4n) is 2.82. The Morgan fingerprint density at radius 3 is 2.46 bits per heavy atom. The summed E-state index contributed by atoms with van der Waals surface area (Å²) in [6.45, 7) is 0.544. The number of fused-ring (bicyclic) bond motifs is 1. The summed E-state index contributed by atoms with van der Waals surface area (Å²) < 4.78 is 44.9. The van der Waals surface area contributed by atoms with Gasteiger partial charge in [0, 0.05) is 25.8 Å². The highest BCUT2D eigenvalue weighted by Crippen LogP contribution is 2.25. The average Bonchev–Trinajstić information content (AvgIpc) is 2.93. The van der Waals surface area contributed by atoms with Crippen molar-refractivity contribution < 1.29 is 32.3 Å². The van der Waals surface area contributed by atoms with Gasteiger partial charge in [-0.2, -0.15) is 0 Å². The number of anilines is 1. The Bertz CT molecular complexity index is 978. The topological polar surface area (TPSA) is 75.7 Å². The number of nitrogens with one attached hydrogen (secondary N) is 1. The SMILES string of the molecule is COCCCN1C(=O)c2ccc(C(=O)Nc3ccc(F)c(F)c3F)cc2C1=O. The highest BCUT2D eigenvalue weighted by Gasteiger charge is 2.35. The van der Waals surface area contributed by atoms with Crippen LogP contribution >= 0.6 is 0 Å². The van der Waals surface area contributed by atoms with E-state index in [4.69, 9.17) is 4.74 Å². The summed E-state index contributed by atoms with van der Waals surface area (Å²) in [7, 11) is 1.50. The molecule has 146 valence electrons. The van der Waals surface area contributed by atoms with E-state index < -0.39 is 40.9 Å². The fraction of sp³-hybridized carbons (Fsp3) is 0.211. The lowest BCUT2D eigenvalue weighted by Gasteiger charge is -2.12. The van der Waals surface area contributed by atoms with Gasteiger partial charge in [-0.3, -0.25) is 19.3 Å². The third kappa shape index (κ3) is 3.48. The van der Waals surface area contributed by atoms with Gasteiger partial charge in [-0.1, -0.05) is 0 Å². The molecule has 1 heterocycles. The van der Waals surface area contributed by atoms with E-state index in [1.54, 1.807) is 0 Å². The quantitative estimate of drug-likeness (QED) is 0.466. The summed E-state index contributed by atoms with van der Waals surface area (Å²) in [5.41, 5.74) is -0.394. The molecule has 0 aromatic heterocycles. The summed E-state index contributed by atoms with van der Waals surface area (Å²) >= 11 is 0. The second-order valence-electron chi connectivity index (χ2n) is 6.05. The zero-order valence-corrected chi connectivity index (χ0v) is 14.7. The molecule has 0 saturated heterocycles. The van der Waals surface area contributed by atoms with Crippen molar-refractivity contribution in [3.63, 3.8) is 0 Å². The standard InChI is InChI=1S/C19H15F3N2O4/c1-28-8-2-7-24-18(26)11-4-3-10(9-12(11)19(24)27)17(25)23-14-6-5-13(20)15(21)16(14)22/h3-6,9H,2,7-8H2,1H3,(H,23,25). The van der Waals surface area contributed by atoms with Crippen molar-refractivity contribution in [2.45, 2.75) is 6.42 Å². The number of nitrogens with zero attached hydrogens (tertiary/aromatic N) is 1. The number of carbonyl (C=O) groups excluding carboxylic acids is 3. The Kier molecular flexibility index (Phi) is 5.46. The number of hydrogen-bond acceptors (Lipinski definition) is 4. The van der Waals surface area contributed by atoms with Crippen LogP contribution in [0, 0.1) is 17.5 Å². The summed E-state index contributed by atoms with van der Waals surface area (Å²) in [6.07, 6.45) is 0.463. The molecule has 6 nitrogen and oxygen atoms in total. The van der Waals surface area contributed by atoms with Crippen molar-refractivity contribution >= 4 is 23.4 Å². The molecule has 3 amide bonds. The molecule has 0 bridgehead atoms. The Morgan fingerprint density at radius 1 is 1.04 bits per heavy atom. The van der Waals surface area contributed by atoms with Gasteiger partial charge >= 0.3 is 0 Å². The first kappa shape index (κ1) is 19.6. The first-order chi connectivity index (χ1) is 13.3. The molecule has 0 aliphatic carbocycles. The number of amides is 3. The van der Waals surface area contributed by atoms with Crippen LogP contribution in [-0.4, -0.2) is 42.9 Å². The lowest BCUT2D eigenvalue weighted by atomic mass is 10.1. The molecule has 2 aromatic carbocycles. The molecule has 0 fully saturated rings. The van der Waals surface area contributed by atoms with Crippen molar-refractivity contribution in [3.8, 4) is 0 Å². The maximum atomic E-state index is 13.7. The molecule has 3 rings (SSSR count). The zero-order chi connectivity index (χ0) is 20.4. The minimum absolute atomic E-state index is 0.0391. The normalized spacial score (nSPS) is 13.1. The van der Waals surface area contributed by atoms with Gasteiger partial charge in [0.2, 0.25) is 0 Å². The Hall–Kier alpha value is -3.20. The molecular formula is C19H15F3N2O4. The second-order valence-corrected chi connectivity index (χ2v) is 6.05. The minimum atomic E-state index is -1.71. The molecule has 0 saturated carbocycles. The number of imide groups is 1. The number of hydrogen-bond donors (Lipinski definition) is 1. The van der Waals surface area contributed by atoms with Crippen LogP contribution in [0.2, 0.25) is 0 Å². The lowest BCUT2D eigenvalue weighted by molar-refractivity contribution is 0.0638. The van der Waals surface area contributed by atoms with Crippen LogP contribution in [0.1, 0.15) is 37.5 Å². The molecule has 2 aromatic rings. The highest BCUT2D eigenvalue weighted by molar-refractivity contribution is 6.22. The van der Waals surface area contributed by atoms with Gasteiger partial charge in [0.1, 0.15) is 0 Å². The first-order valence-corrected chi connectivity index (χ1v) is 8.29. The van der Waals surface area contributed by atoms with Gasteiger partial charge in [-0.15, -0.1) is 0 Å². The molecule has 0 radical (unpaired) electrons. The maximum Gasteiger partial charge on any atom is 0.261 e. The van der Waals surface area contributed by atoms with Crippen molar-refractivity contribution in [3.05, 3.63) is 64.5 Å². The second kappa shape index (κ2) is 7.81. The third-order valence-electron chi connectivity index (χ3n) is 4.25. The number of methoxy groups -OCH3 is 1. The largest absolute Gasteiger partial charge is 0.385 e. The highest BCUT2D eigenvalue weighted by atomic mass is 19.2. The van der Waals surface area contributed by atoms with Gasteiger partial charge in [0.15, 0.2) is 17.5 Å². The smallest absolute Gasteiger partial charge is 0.261 e.